The molecule has 10 heteroatoms. The summed E-state index contributed by atoms with van der Waals surface area (Å²) in [6.07, 6.45) is 1.56. The predicted molar refractivity (Wildman–Crippen MR) is 124 cm³/mol. The van der Waals surface area contributed by atoms with E-state index >= 15 is 0 Å². The fourth-order valence-corrected chi connectivity index (χ4v) is 2.90. The summed E-state index contributed by atoms with van der Waals surface area (Å²) in [4.78, 5) is 8.82. The van der Waals surface area contributed by atoms with E-state index in [0.717, 1.165) is 29.5 Å². The molecule has 0 saturated heterocycles. The lowest BCUT2D eigenvalue weighted by molar-refractivity contribution is 0.730. The van der Waals surface area contributed by atoms with Crippen LogP contribution in [0.2, 0.25) is 10.0 Å². The zero-order chi connectivity index (χ0) is 19.1. The minimum atomic E-state index is 0. The van der Waals surface area contributed by atoms with Gasteiger partial charge in [0, 0.05) is 44.1 Å². The molecule has 0 saturated carbocycles. The maximum Gasteiger partial charge on any atom is 0.191 e. The molecule has 0 aliphatic rings. The molecule has 2 heterocycles. The molecule has 0 aliphatic heterocycles. The van der Waals surface area contributed by atoms with Gasteiger partial charge in [0.2, 0.25) is 0 Å². The molecular formula is C17H26Cl2IN7. The van der Waals surface area contributed by atoms with Crippen molar-refractivity contribution in [3.8, 4) is 0 Å². The number of aryl methyl sites for hydroxylation is 2. The lowest BCUT2D eigenvalue weighted by Gasteiger charge is -2.12. The Hall–Kier alpha value is -1.26. The fourth-order valence-electron chi connectivity index (χ4n) is 2.45. The molecule has 0 bridgehead atoms. The number of anilines is 1. The summed E-state index contributed by atoms with van der Waals surface area (Å²) in [5.41, 5.74) is 3.29. The molecule has 0 aromatic carbocycles. The van der Waals surface area contributed by atoms with Crippen molar-refractivity contribution in [2.75, 3.05) is 25.0 Å². The third kappa shape index (κ3) is 7.00. The summed E-state index contributed by atoms with van der Waals surface area (Å²) in [6.45, 7) is 8.77. The summed E-state index contributed by atoms with van der Waals surface area (Å²) in [7, 11) is 1.95. The lowest BCUT2D eigenvalue weighted by Crippen LogP contribution is -2.39. The number of rotatable bonds is 7. The van der Waals surface area contributed by atoms with Gasteiger partial charge in [-0.3, -0.25) is 4.68 Å². The highest BCUT2D eigenvalue weighted by Gasteiger charge is 2.09. The fraction of sp³-hybridized carbons (Fsp3) is 0.471. The minimum Gasteiger partial charge on any atom is -0.367 e. The first-order valence-electron chi connectivity index (χ1n) is 8.48. The molecule has 2 aromatic heterocycles. The van der Waals surface area contributed by atoms with Gasteiger partial charge in [0.1, 0.15) is 5.82 Å². The van der Waals surface area contributed by atoms with Crippen molar-refractivity contribution in [1.82, 2.24) is 25.4 Å². The van der Waals surface area contributed by atoms with Gasteiger partial charge in [-0.25, -0.2) is 9.98 Å². The third-order valence-corrected chi connectivity index (χ3v) is 4.41. The predicted octanol–water partition coefficient (Wildman–Crippen LogP) is 3.52. The van der Waals surface area contributed by atoms with Gasteiger partial charge in [0.05, 0.1) is 22.3 Å². The molecule has 2 aromatic rings. The summed E-state index contributed by atoms with van der Waals surface area (Å²) in [5, 5.41) is 15.1. The van der Waals surface area contributed by atoms with Gasteiger partial charge in [-0.15, -0.1) is 24.0 Å². The van der Waals surface area contributed by atoms with Crippen LogP contribution in [0.4, 0.5) is 5.82 Å². The van der Waals surface area contributed by atoms with Gasteiger partial charge in [0.15, 0.2) is 5.96 Å². The SMILES string of the molecule is CCNC(=NCc1c(C)nn(C)c1C)NCCNc1ncc(Cl)cc1Cl.I. The Morgan fingerprint density at radius 2 is 1.96 bits per heavy atom. The first-order chi connectivity index (χ1) is 12.4. The van der Waals surface area contributed by atoms with Gasteiger partial charge >= 0.3 is 0 Å². The van der Waals surface area contributed by atoms with E-state index < -0.39 is 0 Å². The molecule has 27 heavy (non-hydrogen) atoms. The third-order valence-electron chi connectivity index (χ3n) is 3.92. The maximum absolute atomic E-state index is 6.10. The van der Waals surface area contributed by atoms with E-state index in [4.69, 9.17) is 23.2 Å². The summed E-state index contributed by atoms with van der Waals surface area (Å²) < 4.78 is 1.88. The van der Waals surface area contributed by atoms with Gasteiger partial charge < -0.3 is 16.0 Å². The molecule has 0 aliphatic carbocycles. The van der Waals surface area contributed by atoms with Gasteiger partial charge in [-0.05, 0) is 26.8 Å². The Labute approximate surface area is 187 Å². The second-order valence-corrected chi connectivity index (χ2v) is 6.65. The van der Waals surface area contributed by atoms with Crippen molar-refractivity contribution >= 4 is 59.0 Å². The number of halogens is 3. The number of nitrogens with zero attached hydrogens (tertiary/aromatic N) is 4. The molecule has 0 unspecified atom stereocenters. The van der Waals surface area contributed by atoms with Crippen LogP contribution < -0.4 is 16.0 Å². The smallest absolute Gasteiger partial charge is 0.191 e. The highest BCUT2D eigenvalue weighted by Crippen LogP contribution is 2.22. The molecule has 7 nitrogen and oxygen atoms in total. The highest BCUT2D eigenvalue weighted by atomic mass is 127. The second kappa shape index (κ2) is 11.6. The topological polar surface area (TPSA) is 79.2 Å². The molecule has 0 radical (unpaired) electrons. The van der Waals surface area contributed by atoms with Crippen molar-refractivity contribution in [2.45, 2.75) is 27.3 Å². The number of aromatic nitrogens is 3. The van der Waals surface area contributed by atoms with Crippen molar-refractivity contribution in [2.24, 2.45) is 12.0 Å². The Bertz CT molecular complexity index is 777. The largest absolute Gasteiger partial charge is 0.367 e. The Morgan fingerprint density at radius 3 is 2.56 bits per heavy atom. The van der Waals surface area contributed by atoms with Crippen LogP contribution in [0.25, 0.3) is 0 Å². The van der Waals surface area contributed by atoms with Crippen LogP contribution in [-0.2, 0) is 13.6 Å². The van der Waals surface area contributed by atoms with E-state index in [1.807, 2.05) is 25.6 Å². The molecule has 0 atom stereocenters. The highest BCUT2D eigenvalue weighted by molar-refractivity contribution is 14.0. The van der Waals surface area contributed by atoms with Crippen molar-refractivity contribution in [3.63, 3.8) is 0 Å². The Kier molecular flexibility index (Phi) is 10.2. The van der Waals surface area contributed by atoms with E-state index in [1.54, 1.807) is 12.3 Å². The minimum absolute atomic E-state index is 0. The molecule has 0 spiro atoms. The number of hydrogen-bond acceptors (Lipinski definition) is 4. The molecule has 0 fully saturated rings. The normalized spacial score (nSPS) is 11.1. The second-order valence-electron chi connectivity index (χ2n) is 5.81. The van der Waals surface area contributed by atoms with E-state index in [-0.39, 0.29) is 24.0 Å². The van der Waals surface area contributed by atoms with Crippen LogP contribution in [0.15, 0.2) is 17.3 Å². The Morgan fingerprint density at radius 1 is 1.22 bits per heavy atom. The van der Waals surface area contributed by atoms with Crippen molar-refractivity contribution in [1.29, 1.82) is 0 Å². The summed E-state index contributed by atoms with van der Waals surface area (Å²) >= 11 is 11.9. The lowest BCUT2D eigenvalue weighted by atomic mass is 10.2. The van der Waals surface area contributed by atoms with Crippen LogP contribution in [0.1, 0.15) is 23.9 Å². The van der Waals surface area contributed by atoms with Crippen molar-refractivity contribution < 1.29 is 0 Å². The quantitative estimate of drug-likeness (QED) is 0.223. The van der Waals surface area contributed by atoms with Crippen LogP contribution in [-0.4, -0.2) is 40.4 Å². The molecular weight excluding hydrogens is 500 g/mol. The van der Waals surface area contributed by atoms with Crippen LogP contribution >= 0.6 is 47.2 Å². The van der Waals surface area contributed by atoms with Gasteiger partial charge in [0.25, 0.3) is 0 Å². The average Bonchev–Trinajstić information content (AvgIpc) is 2.83. The Balaban J connectivity index is 0.00000364. The molecule has 3 N–H and O–H groups in total. The van der Waals surface area contributed by atoms with Gasteiger partial charge in [-0.1, -0.05) is 23.2 Å². The molecule has 0 amide bonds. The number of hydrogen-bond donors (Lipinski definition) is 3. The van der Waals surface area contributed by atoms with E-state index in [1.165, 1.54) is 0 Å². The zero-order valence-corrected chi connectivity index (χ0v) is 19.8. The van der Waals surface area contributed by atoms with Crippen molar-refractivity contribution in [3.05, 3.63) is 39.3 Å². The number of pyridine rings is 1. The van der Waals surface area contributed by atoms with E-state index in [9.17, 15) is 0 Å². The standard InChI is InChI=1S/C17H25Cl2N7.HI/c1-5-20-17(24-10-14-11(2)25-26(4)12(14)3)22-7-6-21-16-15(19)8-13(18)9-23-16;/h8-9H,5-7,10H2,1-4H3,(H,21,23)(H2,20,22,24);1H. The van der Waals surface area contributed by atoms with Crippen LogP contribution in [0.5, 0.6) is 0 Å². The average molecular weight is 526 g/mol. The monoisotopic (exact) mass is 525 g/mol. The van der Waals surface area contributed by atoms with Gasteiger partial charge in [-0.2, -0.15) is 5.10 Å². The summed E-state index contributed by atoms with van der Waals surface area (Å²) in [5.74, 6) is 1.37. The number of guanidine groups is 1. The maximum atomic E-state index is 6.10. The van der Waals surface area contributed by atoms with E-state index in [0.29, 0.717) is 35.5 Å². The molecule has 2 rings (SSSR count). The number of nitrogens with one attached hydrogen (secondary N) is 3. The summed E-state index contributed by atoms with van der Waals surface area (Å²) in [6, 6.07) is 1.66. The number of aliphatic imine (C=N–C) groups is 1. The first kappa shape index (κ1) is 23.8. The zero-order valence-electron chi connectivity index (χ0n) is 15.9. The van der Waals surface area contributed by atoms with Crippen LogP contribution in [0, 0.1) is 13.8 Å². The van der Waals surface area contributed by atoms with E-state index in [2.05, 4.69) is 37.9 Å². The van der Waals surface area contributed by atoms with Crippen LogP contribution in [0.3, 0.4) is 0 Å². The molecule has 150 valence electrons. The first-order valence-corrected chi connectivity index (χ1v) is 9.24.